The Labute approximate surface area is 131 Å². The van der Waals surface area contributed by atoms with E-state index in [0.717, 1.165) is 57.1 Å². The molecule has 0 aromatic carbocycles. The van der Waals surface area contributed by atoms with Gasteiger partial charge in [-0.3, -0.25) is 9.59 Å². The van der Waals surface area contributed by atoms with E-state index in [4.69, 9.17) is 14.6 Å². The first kappa shape index (κ1) is 17.2. The fourth-order valence-corrected chi connectivity index (χ4v) is 2.95. The second-order valence-electron chi connectivity index (χ2n) is 6.06. The molecule has 1 saturated heterocycles. The Hall–Kier alpha value is -1.20. The molecule has 2 aliphatic rings. The van der Waals surface area contributed by atoms with Crippen molar-refractivity contribution in [3.8, 4) is 0 Å². The van der Waals surface area contributed by atoms with Gasteiger partial charge in [0.1, 0.15) is 6.10 Å². The van der Waals surface area contributed by atoms with Crippen molar-refractivity contribution in [2.24, 2.45) is 0 Å². The first-order valence-electron chi connectivity index (χ1n) is 8.39. The number of carboxylic acid groups (broad SMARTS) is 1. The largest absolute Gasteiger partial charge is 0.481 e. The number of hydrogen-bond acceptors (Lipinski definition) is 4. The van der Waals surface area contributed by atoms with Crippen LogP contribution < -0.4 is 0 Å². The van der Waals surface area contributed by atoms with Crippen LogP contribution in [0.3, 0.4) is 0 Å². The molecule has 1 aliphatic heterocycles. The minimum Gasteiger partial charge on any atom is -0.481 e. The lowest BCUT2D eigenvalue weighted by molar-refractivity contribution is -0.188. The number of Topliss-reactive ketones (excluding diaryl/α,β-unsaturated/α-hetero) is 1. The molecule has 124 valence electrons. The molecule has 22 heavy (non-hydrogen) atoms. The highest BCUT2D eigenvalue weighted by molar-refractivity contribution is 6.01. The standard InChI is InChI=1S/C17H26O5/c18-15(19)8-4-2-1-3-7-13-10-11-14(17(13)20)22-16-9-5-6-12-21-16/h10,14,16H,1-9,11-12H2,(H,18,19). The van der Waals surface area contributed by atoms with Crippen LogP contribution in [0.15, 0.2) is 11.6 Å². The Kier molecular flexibility index (Phi) is 7.06. The van der Waals surface area contributed by atoms with Crippen molar-refractivity contribution in [3.05, 3.63) is 11.6 Å². The second kappa shape index (κ2) is 9.06. The quantitative estimate of drug-likeness (QED) is 0.662. The molecule has 0 aromatic heterocycles. The number of carboxylic acids is 1. The minimum absolute atomic E-state index is 0.111. The average molecular weight is 310 g/mol. The van der Waals surface area contributed by atoms with Crippen LogP contribution in [0.1, 0.15) is 64.2 Å². The highest BCUT2D eigenvalue weighted by Crippen LogP contribution is 2.26. The van der Waals surface area contributed by atoms with Crippen molar-refractivity contribution in [1.29, 1.82) is 0 Å². The van der Waals surface area contributed by atoms with E-state index in [1.54, 1.807) is 0 Å². The number of unbranched alkanes of at least 4 members (excludes halogenated alkanes) is 3. The van der Waals surface area contributed by atoms with Gasteiger partial charge in [-0.2, -0.15) is 0 Å². The van der Waals surface area contributed by atoms with Gasteiger partial charge in [0.2, 0.25) is 0 Å². The van der Waals surface area contributed by atoms with Crippen molar-refractivity contribution < 1.29 is 24.2 Å². The van der Waals surface area contributed by atoms with E-state index in [9.17, 15) is 9.59 Å². The zero-order valence-corrected chi connectivity index (χ0v) is 13.1. The summed E-state index contributed by atoms with van der Waals surface area (Å²) >= 11 is 0. The van der Waals surface area contributed by atoms with Crippen molar-refractivity contribution in [3.63, 3.8) is 0 Å². The Morgan fingerprint density at radius 3 is 2.82 bits per heavy atom. The average Bonchev–Trinajstić information content (AvgIpc) is 2.84. The van der Waals surface area contributed by atoms with Crippen LogP contribution in [-0.4, -0.2) is 35.9 Å². The fraction of sp³-hybridized carbons (Fsp3) is 0.765. The Morgan fingerprint density at radius 2 is 2.09 bits per heavy atom. The summed E-state index contributed by atoms with van der Waals surface area (Å²) in [6, 6.07) is 0. The summed E-state index contributed by atoms with van der Waals surface area (Å²) < 4.78 is 11.3. The number of aliphatic carboxylic acids is 1. The smallest absolute Gasteiger partial charge is 0.303 e. The summed E-state index contributed by atoms with van der Waals surface area (Å²) in [4.78, 5) is 22.7. The highest BCUT2D eigenvalue weighted by atomic mass is 16.7. The normalized spacial score (nSPS) is 25.3. The van der Waals surface area contributed by atoms with Gasteiger partial charge in [0.05, 0.1) is 0 Å². The molecule has 0 bridgehead atoms. The van der Waals surface area contributed by atoms with E-state index in [-0.39, 0.29) is 24.6 Å². The molecule has 1 aliphatic carbocycles. The summed E-state index contributed by atoms with van der Waals surface area (Å²) in [6.45, 7) is 0.724. The number of ether oxygens (including phenoxy) is 2. The first-order chi connectivity index (χ1) is 10.7. The predicted octanol–water partition coefficient (Wildman–Crippen LogP) is 3.22. The molecule has 1 fully saturated rings. The van der Waals surface area contributed by atoms with Gasteiger partial charge in [-0.25, -0.2) is 0 Å². The van der Waals surface area contributed by atoms with Crippen molar-refractivity contribution >= 4 is 11.8 Å². The van der Waals surface area contributed by atoms with Crippen LogP contribution in [0.5, 0.6) is 0 Å². The zero-order chi connectivity index (χ0) is 15.8. The lowest BCUT2D eigenvalue weighted by atomic mass is 10.0. The number of carbonyl (C=O) groups is 2. The molecular weight excluding hydrogens is 284 g/mol. The summed E-state index contributed by atoms with van der Waals surface area (Å²) in [6.07, 6.45) is 9.66. The number of carbonyl (C=O) groups excluding carboxylic acids is 1. The maximum Gasteiger partial charge on any atom is 0.303 e. The Bertz CT molecular complexity index is 409. The minimum atomic E-state index is -0.737. The van der Waals surface area contributed by atoms with E-state index >= 15 is 0 Å². The number of hydrogen-bond donors (Lipinski definition) is 1. The van der Waals surface area contributed by atoms with Gasteiger partial charge in [-0.15, -0.1) is 0 Å². The molecule has 2 atom stereocenters. The van der Waals surface area contributed by atoms with Gasteiger partial charge >= 0.3 is 5.97 Å². The van der Waals surface area contributed by atoms with Crippen LogP contribution in [0.2, 0.25) is 0 Å². The van der Waals surface area contributed by atoms with Crippen LogP contribution in [-0.2, 0) is 19.1 Å². The van der Waals surface area contributed by atoms with Gasteiger partial charge < -0.3 is 14.6 Å². The van der Waals surface area contributed by atoms with Crippen molar-refractivity contribution in [2.75, 3.05) is 6.61 Å². The molecule has 0 radical (unpaired) electrons. The molecule has 5 heteroatoms. The molecule has 0 saturated carbocycles. The SMILES string of the molecule is O=C(O)CCCCCCC1=CCC(OC2CCCCO2)C1=O. The van der Waals surface area contributed by atoms with E-state index < -0.39 is 5.97 Å². The van der Waals surface area contributed by atoms with E-state index in [2.05, 4.69) is 0 Å². The predicted molar refractivity (Wildman–Crippen MR) is 81.5 cm³/mol. The third-order valence-corrected chi connectivity index (χ3v) is 4.23. The van der Waals surface area contributed by atoms with E-state index in [0.29, 0.717) is 12.8 Å². The monoisotopic (exact) mass is 310 g/mol. The van der Waals surface area contributed by atoms with E-state index in [1.807, 2.05) is 6.08 Å². The summed E-state index contributed by atoms with van der Waals surface area (Å²) in [5, 5.41) is 8.56. The third-order valence-electron chi connectivity index (χ3n) is 4.23. The Morgan fingerprint density at radius 1 is 1.27 bits per heavy atom. The van der Waals surface area contributed by atoms with Crippen molar-refractivity contribution in [2.45, 2.75) is 76.6 Å². The van der Waals surface area contributed by atoms with Gasteiger partial charge in [-0.05, 0) is 50.5 Å². The molecule has 2 unspecified atom stereocenters. The van der Waals surface area contributed by atoms with Gasteiger partial charge in [0, 0.05) is 13.0 Å². The summed E-state index contributed by atoms with van der Waals surface area (Å²) in [5.41, 5.74) is 0.874. The van der Waals surface area contributed by atoms with Crippen LogP contribution >= 0.6 is 0 Å². The maximum absolute atomic E-state index is 12.3. The lowest BCUT2D eigenvalue weighted by Crippen LogP contribution is -2.31. The summed E-state index contributed by atoms with van der Waals surface area (Å²) in [7, 11) is 0. The van der Waals surface area contributed by atoms with E-state index in [1.165, 1.54) is 0 Å². The van der Waals surface area contributed by atoms with Crippen molar-refractivity contribution in [1.82, 2.24) is 0 Å². The van der Waals surface area contributed by atoms with Gasteiger partial charge in [0.15, 0.2) is 12.1 Å². The lowest BCUT2D eigenvalue weighted by Gasteiger charge is -2.25. The molecule has 5 nitrogen and oxygen atoms in total. The molecule has 0 spiro atoms. The number of ketones is 1. The summed E-state index contributed by atoms with van der Waals surface area (Å²) in [5.74, 6) is -0.627. The highest BCUT2D eigenvalue weighted by Gasteiger charge is 2.30. The molecular formula is C17H26O5. The number of rotatable bonds is 9. The molecule has 2 rings (SSSR count). The van der Waals surface area contributed by atoms with Crippen LogP contribution in [0.25, 0.3) is 0 Å². The van der Waals surface area contributed by atoms with Crippen LogP contribution in [0, 0.1) is 0 Å². The first-order valence-corrected chi connectivity index (χ1v) is 8.39. The maximum atomic E-state index is 12.3. The third kappa shape index (κ3) is 5.54. The van der Waals surface area contributed by atoms with Gasteiger partial charge in [0.25, 0.3) is 0 Å². The molecule has 1 heterocycles. The topological polar surface area (TPSA) is 72.8 Å². The fourth-order valence-electron chi connectivity index (χ4n) is 2.95. The van der Waals surface area contributed by atoms with Gasteiger partial charge in [-0.1, -0.05) is 18.9 Å². The second-order valence-corrected chi connectivity index (χ2v) is 6.06. The molecule has 0 amide bonds. The zero-order valence-electron chi connectivity index (χ0n) is 13.1. The van der Waals surface area contributed by atoms with Crippen LogP contribution in [0.4, 0.5) is 0 Å². The molecule has 0 aromatic rings. The Balaban J connectivity index is 1.60. The molecule has 1 N–H and O–H groups in total.